The summed E-state index contributed by atoms with van der Waals surface area (Å²) in [6.45, 7) is 0.528. The van der Waals surface area contributed by atoms with Crippen molar-refractivity contribution in [1.82, 2.24) is 19.5 Å². The van der Waals surface area contributed by atoms with Crippen molar-refractivity contribution in [1.29, 1.82) is 0 Å². The molecular weight excluding hydrogens is 321 g/mol. The first-order chi connectivity index (χ1) is 9.54. The first kappa shape index (κ1) is 13.4. The van der Waals surface area contributed by atoms with Gasteiger partial charge in [-0.3, -0.25) is 0 Å². The number of benzene rings is 1. The van der Waals surface area contributed by atoms with Crippen molar-refractivity contribution in [3.63, 3.8) is 0 Å². The van der Waals surface area contributed by atoms with Gasteiger partial charge in [0.25, 0.3) is 0 Å². The van der Waals surface area contributed by atoms with Crippen LogP contribution in [0.4, 0.5) is 5.95 Å². The Bertz CT molecular complexity index is 799. The third-order valence-corrected chi connectivity index (χ3v) is 3.78. The highest BCUT2D eigenvalue weighted by molar-refractivity contribution is 6.42. The highest BCUT2D eigenvalue weighted by Gasteiger charge is 2.11. The van der Waals surface area contributed by atoms with Gasteiger partial charge in [-0.1, -0.05) is 40.9 Å². The molecule has 0 saturated heterocycles. The zero-order valence-corrected chi connectivity index (χ0v) is 12.3. The summed E-state index contributed by atoms with van der Waals surface area (Å²) in [6, 6.07) is 5.42. The molecule has 0 amide bonds. The van der Waals surface area contributed by atoms with Gasteiger partial charge in [0.2, 0.25) is 5.95 Å². The fourth-order valence-corrected chi connectivity index (χ4v) is 2.42. The first-order valence-electron chi connectivity index (χ1n) is 5.62. The molecule has 0 atom stereocenters. The number of hydrogen-bond acceptors (Lipinski definition) is 4. The fourth-order valence-electron chi connectivity index (χ4n) is 1.88. The van der Waals surface area contributed by atoms with Gasteiger partial charge in [-0.25, -0.2) is 4.98 Å². The second-order valence-electron chi connectivity index (χ2n) is 4.17. The van der Waals surface area contributed by atoms with Crippen molar-refractivity contribution >= 4 is 51.9 Å². The van der Waals surface area contributed by atoms with Crippen LogP contribution < -0.4 is 5.73 Å². The normalized spacial score (nSPS) is 11.2. The molecule has 0 bridgehead atoms. The lowest BCUT2D eigenvalue weighted by molar-refractivity contribution is 0.814. The molecule has 8 heteroatoms. The van der Waals surface area contributed by atoms with E-state index in [1.54, 1.807) is 18.5 Å². The van der Waals surface area contributed by atoms with Crippen LogP contribution in [0.3, 0.4) is 0 Å². The van der Waals surface area contributed by atoms with Crippen LogP contribution in [-0.4, -0.2) is 19.5 Å². The number of halogens is 3. The standard InChI is InChI=1S/C12H8Cl3N5/c13-7-2-1-6(3-8(7)14)4-20-5-17-9-10(15)18-12(16)19-11(9)20/h1-3,5H,4H2,(H2,16,18,19). The van der Waals surface area contributed by atoms with E-state index < -0.39 is 0 Å². The van der Waals surface area contributed by atoms with Gasteiger partial charge in [0.15, 0.2) is 10.8 Å². The van der Waals surface area contributed by atoms with Crippen LogP contribution in [0.25, 0.3) is 11.2 Å². The Balaban J connectivity index is 2.04. The second kappa shape index (κ2) is 5.09. The van der Waals surface area contributed by atoms with Gasteiger partial charge in [0.1, 0.15) is 5.52 Å². The van der Waals surface area contributed by atoms with E-state index in [4.69, 9.17) is 40.5 Å². The summed E-state index contributed by atoms with van der Waals surface area (Å²) in [6.07, 6.45) is 1.63. The summed E-state index contributed by atoms with van der Waals surface area (Å²) in [5.74, 6) is 0.110. The Kier molecular flexibility index (Phi) is 3.41. The molecule has 0 aliphatic carbocycles. The number of nitrogens with two attached hydrogens (primary N) is 1. The van der Waals surface area contributed by atoms with E-state index in [2.05, 4.69) is 15.0 Å². The highest BCUT2D eigenvalue weighted by atomic mass is 35.5. The molecule has 5 nitrogen and oxygen atoms in total. The van der Waals surface area contributed by atoms with E-state index in [0.29, 0.717) is 27.8 Å². The molecule has 3 rings (SSSR count). The molecule has 20 heavy (non-hydrogen) atoms. The van der Waals surface area contributed by atoms with E-state index in [1.807, 2.05) is 10.6 Å². The summed E-state index contributed by atoms with van der Waals surface area (Å²) in [5, 5.41) is 1.25. The molecular formula is C12H8Cl3N5. The Morgan fingerprint density at radius 1 is 1.10 bits per heavy atom. The molecule has 0 unspecified atom stereocenters. The average Bonchev–Trinajstić information content (AvgIpc) is 2.77. The average molecular weight is 329 g/mol. The Hall–Kier alpha value is -1.56. The van der Waals surface area contributed by atoms with E-state index in [9.17, 15) is 0 Å². The molecule has 0 saturated carbocycles. The number of aromatic nitrogens is 4. The Morgan fingerprint density at radius 2 is 1.90 bits per heavy atom. The van der Waals surface area contributed by atoms with E-state index in [0.717, 1.165) is 5.56 Å². The number of imidazole rings is 1. The van der Waals surface area contributed by atoms with E-state index in [1.165, 1.54) is 0 Å². The minimum Gasteiger partial charge on any atom is -0.368 e. The minimum absolute atomic E-state index is 0.110. The van der Waals surface area contributed by atoms with Crippen LogP contribution in [0, 0.1) is 0 Å². The smallest absolute Gasteiger partial charge is 0.223 e. The lowest BCUT2D eigenvalue weighted by atomic mass is 10.2. The number of anilines is 1. The van der Waals surface area contributed by atoms with Crippen molar-refractivity contribution in [2.75, 3.05) is 5.73 Å². The maximum absolute atomic E-state index is 6.00. The lowest BCUT2D eigenvalue weighted by Crippen LogP contribution is -2.02. The molecule has 0 spiro atoms. The number of hydrogen-bond donors (Lipinski definition) is 1. The third kappa shape index (κ3) is 2.40. The number of nitrogens with zero attached hydrogens (tertiary/aromatic N) is 4. The molecule has 2 N–H and O–H groups in total. The topological polar surface area (TPSA) is 69.6 Å². The zero-order valence-electron chi connectivity index (χ0n) is 10.0. The zero-order chi connectivity index (χ0) is 14.3. The summed E-state index contributed by atoms with van der Waals surface area (Å²) in [5.41, 5.74) is 7.66. The number of rotatable bonds is 2. The van der Waals surface area contributed by atoms with Gasteiger partial charge in [-0.05, 0) is 17.7 Å². The monoisotopic (exact) mass is 327 g/mol. The van der Waals surface area contributed by atoms with Crippen molar-refractivity contribution in [3.8, 4) is 0 Å². The Labute approximate surface area is 129 Å². The van der Waals surface area contributed by atoms with Crippen LogP contribution in [0.1, 0.15) is 5.56 Å². The third-order valence-electron chi connectivity index (χ3n) is 2.78. The molecule has 102 valence electrons. The van der Waals surface area contributed by atoms with Crippen molar-refractivity contribution < 1.29 is 0 Å². The maximum atomic E-state index is 6.00. The quantitative estimate of drug-likeness (QED) is 0.732. The summed E-state index contributed by atoms with van der Waals surface area (Å²) >= 11 is 17.9. The lowest BCUT2D eigenvalue weighted by Gasteiger charge is -2.06. The van der Waals surface area contributed by atoms with E-state index >= 15 is 0 Å². The molecule has 3 aromatic rings. The molecule has 0 aliphatic heterocycles. The number of nitrogen functional groups attached to an aromatic ring is 1. The first-order valence-corrected chi connectivity index (χ1v) is 6.76. The van der Waals surface area contributed by atoms with Gasteiger partial charge in [-0.2, -0.15) is 9.97 Å². The molecule has 1 aromatic carbocycles. The van der Waals surface area contributed by atoms with Gasteiger partial charge in [0, 0.05) is 0 Å². The molecule has 0 aliphatic rings. The van der Waals surface area contributed by atoms with Gasteiger partial charge in [-0.15, -0.1) is 0 Å². The second-order valence-corrected chi connectivity index (χ2v) is 5.34. The maximum Gasteiger partial charge on any atom is 0.223 e. The van der Waals surface area contributed by atoms with Crippen LogP contribution in [0.2, 0.25) is 15.2 Å². The molecule has 2 aromatic heterocycles. The van der Waals surface area contributed by atoms with Crippen molar-refractivity contribution in [3.05, 3.63) is 45.3 Å². The largest absolute Gasteiger partial charge is 0.368 e. The van der Waals surface area contributed by atoms with Crippen LogP contribution in [0.15, 0.2) is 24.5 Å². The van der Waals surface area contributed by atoms with Gasteiger partial charge in [0.05, 0.1) is 22.9 Å². The molecule has 0 radical (unpaired) electrons. The number of fused-ring (bicyclic) bond motifs is 1. The molecule has 2 heterocycles. The fraction of sp³-hybridized carbons (Fsp3) is 0.0833. The SMILES string of the molecule is Nc1nc(Cl)c2ncn(Cc3ccc(Cl)c(Cl)c3)c2n1. The van der Waals surface area contributed by atoms with Crippen molar-refractivity contribution in [2.45, 2.75) is 6.54 Å². The summed E-state index contributed by atoms with van der Waals surface area (Å²) in [4.78, 5) is 12.2. The van der Waals surface area contributed by atoms with Gasteiger partial charge < -0.3 is 10.3 Å². The summed E-state index contributed by atoms with van der Waals surface area (Å²) in [7, 11) is 0. The summed E-state index contributed by atoms with van der Waals surface area (Å²) < 4.78 is 1.82. The Morgan fingerprint density at radius 3 is 2.65 bits per heavy atom. The predicted molar refractivity (Wildman–Crippen MR) is 80.3 cm³/mol. The van der Waals surface area contributed by atoms with Crippen LogP contribution in [-0.2, 0) is 6.54 Å². The van der Waals surface area contributed by atoms with E-state index in [-0.39, 0.29) is 11.1 Å². The minimum atomic E-state index is 0.110. The van der Waals surface area contributed by atoms with Crippen LogP contribution >= 0.6 is 34.8 Å². The highest BCUT2D eigenvalue weighted by Crippen LogP contribution is 2.24. The van der Waals surface area contributed by atoms with Crippen molar-refractivity contribution in [2.24, 2.45) is 0 Å². The molecule has 0 fully saturated rings. The van der Waals surface area contributed by atoms with Gasteiger partial charge >= 0.3 is 0 Å². The van der Waals surface area contributed by atoms with Crippen LogP contribution in [0.5, 0.6) is 0 Å². The predicted octanol–water partition coefficient (Wildman–Crippen LogP) is 3.42.